The van der Waals surface area contributed by atoms with Gasteiger partial charge in [-0.05, 0) is 24.1 Å². The zero-order chi connectivity index (χ0) is 16.4. The molecule has 0 radical (unpaired) electrons. The topological polar surface area (TPSA) is 95.0 Å². The third kappa shape index (κ3) is 2.78. The quantitative estimate of drug-likeness (QED) is 0.746. The first-order chi connectivity index (χ1) is 11.1. The van der Waals surface area contributed by atoms with Gasteiger partial charge in [-0.15, -0.1) is 0 Å². The molecule has 0 spiro atoms. The molecule has 23 heavy (non-hydrogen) atoms. The molecular formula is C17H13N2O4-. The van der Waals surface area contributed by atoms with Crippen molar-refractivity contribution in [3.05, 3.63) is 81.0 Å². The van der Waals surface area contributed by atoms with Gasteiger partial charge in [-0.1, -0.05) is 42.5 Å². The molecule has 2 aromatic carbocycles. The molecule has 116 valence electrons. The summed E-state index contributed by atoms with van der Waals surface area (Å²) < 4.78 is 0.713. The van der Waals surface area contributed by atoms with Crippen LogP contribution in [0.4, 0.5) is 0 Å². The van der Waals surface area contributed by atoms with E-state index in [0.29, 0.717) is 15.6 Å². The summed E-state index contributed by atoms with van der Waals surface area (Å²) in [6.45, 7) is 0. The lowest BCUT2D eigenvalue weighted by molar-refractivity contribution is -0.310. The first-order valence-electron chi connectivity index (χ1n) is 7.06. The van der Waals surface area contributed by atoms with Crippen molar-refractivity contribution in [2.45, 2.75) is 12.5 Å². The molecule has 6 nitrogen and oxygen atoms in total. The molecule has 3 rings (SSSR count). The van der Waals surface area contributed by atoms with Crippen LogP contribution in [0.1, 0.15) is 11.6 Å². The molecule has 0 fully saturated rings. The Balaban J connectivity index is 2.17. The van der Waals surface area contributed by atoms with Gasteiger partial charge >= 0.3 is 5.69 Å². The number of H-pyrrole nitrogens is 1. The maximum atomic E-state index is 12.5. The van der Waals surface area contributed by atoms with E-state index >= 15 is 0 Å². The van der Waals surface area contributed by atoms with Gasteiger partial charge in [0.2, 0.25) is 0 Å². The van der Waals surface area contributed by atoms with Crippen LogP contribution in [-0.4, -0.2) is 15.5 Å². The SMILES string of the molecule is O=C([O-])[C@H](Cc1ccccc1)n1c(=O)[nH]c2ccccc2c1=O. The van der Waals surface area contributed by atoms with Crippen LogP contribution < -0.4 is 16.4 Å². The summed E-state index contributed by atoms with van der Waals surface area (Å²) in [5.74, 6) is -1.48. The van der Waals surface area contributed by atoms with Crippen LogP contribution in [-0.2, 0) is 11.2 Å². The molecule has 1 aromatic heterocycles. The molecule has 1 heterocycles. The van der Waals surface area contributed by atoms with Gasteiger partial charge in [0, 0.05) is 0 Å². The van der Waals surface area contributed by atoms with E-state index in [9.17, 15) is 19.5 Å². The average molecular weight is 309 g/mol. The molecule has 0 saturated carbocycles. The fourth-order valence-electron chi connectivity index (χ4n) is 2.58. The van der Waals surface area contributed by atoms with Crippen molar-refractivity contribution < 1.29 is 9.90 Å². The number of aromatic amines is 1. The number of aliphatic carboxylic acids is 1. The second-order valence-electron chi connectivity index (χ2n) is 5.18. The van der Waals surface area contributed by atoms with Gasteiger partial charge in [-0.25, -0.2) is 4.79 Å². The number of carbonyl (C=O) groups is 1. The average Bonchev–Trinajstić information content (AvgIpc) is 2.54. The van der Waals surface area contributed by atoms with Crippen LogP contribution in [0.3, 0.4) is 0 Å². The lowest BCUT2D eigenvalue weighted by atomic mass is 10.1. The van der Waals surface area contributed by atoms with Crippen LogP contribution in [0.25, 0.3) is 10.9 Å². The van der Waals surface area contributed by atoms with E-state index in [-0.39, 0.29) is 11.8 Å². The number of nitrogens with zero attached hydrogens (tertiary/aromatic N) is 1. The van der Waals surface area contributed by atoms with Gasteiger partial charge in [-0.3, -0.25) is 9.36 Å². The number of aromatic nitrogens is 2. The van der Waals surface area contributed by atoms with E-state index < -0.39 is 23.3 Å². The Labute approximate surface area is 130 Å². The number of carboxylic acids is 1. The number of rotatable bonds is 4. The largest absolute Gasteiger partial charge is 0.548 e. The van der Waals surface area contributed by atoms with Crippen molar-refractivity contribution in [2.75, 3.05) is 0 Å². The molecule has 3 aromatic rings. The number of carbonyl (C=O) groups excluding carboxylic acids is 1. The zero-order valence-electron chi connectivity index (χ0n) is 12.1. The smallest absolute Gasteiger partial charge is 0.329 e. The van der Waals surface area contributed by atoms with Gasteiger partial charge in [-0.2, -0.15) is 0 Å². The summed E-state index contributed by atoms with van der Waals surface area (Å²) in [5.41, 5.74) is -0.343. The minimum absolute atomic E-state index is 0.00942. The summed E-state index contributed by atoms with van der Waals surface area (Å²) in [6, 6.07) is 13.9. The van der Waals surface area contributed by atoms with Gasteiger partial charge in [0.25, 0.3) is 5.56 Å². The molecule has 0 aliphatic carbocycles. The molecular weight excluding hydrogens is 296 g/mol. The highest BCUT2D eigenvalue weighted by atomic mass is 16.4. The molecule has 0 aliphatic rings. The highest BCUT2D eigenvalue weighted by Crippen LogP contribution is 2.12. The van der Waals surface area contributed by atoms with Gasteiger partial charge < -0.3 is 14.9 Å². The number of carboxylic acid groups (broad SMARTS) is 1. The fourth-order valence-corrected chi connectivity index (χ4v) is 2.58. The van der Waals surface area contributed by atoms with Crippen molar-refractivity contribution in [1.82, 2.24) is 9.55 Å². The third-order valence-corrected chi connectivity index (χ3v) is 3.69. The molecule has 0 aliphatic heterocycles. The van der Waals surface area contributed by atoms with E-state index in [2.05, 4.69) is 4.98 Å². The predicted molar refractivity (Wildman–Crippen MR) is 83.0 cm³/mol. The molecule has 0 unspecified atom stereocenters. The predicted octanol–water partition coefficient (Wildman–Crippen LogP) is 0.223. The first-order valence-corrected chi connectivity index (χ1v) is 7.06. The highest BCUT2D eigenvalue weighted by Gasteiger charge is 2.19. The Morgan fingerprint density at radius 2 is 1.70 bits per heavy atom. The van der Waals surface area contributed by atoms with Crippen LogP contribution in [0.2, 0.25) is 0 Å². The van der Waals surface area contributed by atoms with E-state index in [1.54, 1.807) is 54.6 Å². The van der Waals surface area contributed by atoms with E-state index in [4.69, 9.17) is 0 Å². The van der Waals surface area contributed by atoms with E-state index in [1.807, 2.05) is 0 Å². The minimum Gasteiger partial charge on any atom is -0.548 e. The van der Waals surface area contributed by atoms with Crippen molar-refractivity contribution >= 4 is 16.9 Å². The van der Waals surface area contributed by atoms with E-state index in [1.165, 1.54) is 0 Å². The lowest BCUT2D eigenvalue weighted by Crippen LogP contribution is -2.46. The normalized spacial score (nSPS) is 12.2. The molecule has 0 saturated heterocycles. The monoisotopic (exact) mass is 309 g/mol. The Kier molecular flexibility index (Phi) is 3.80. The Morgan fingerprint density at radius 1 is 1.04 bits per heavy atom. The minimum atomic E-state index is -1.48. The molecule has 0 amide bonds. The number of hydrogen-bond acceptors (Lipinski definition) is 4. The standard InChI is InChI=1S/C17H14N2O4/c20-15-12-8-4-5-9-13(12)18-17(23)19(15)14(16(21)22)10-11-6-2-1-3-7-11/h1-9,14H,10H2,(H,18,23)(H,21,22)/p-1/t14-/m0/s1. The van der Waals surface area contributed by atoms with Crippen molar-refractivity contribution in [2.24, 2.45) is 0 Å². The zero-order valence-corrected chi connectivity index (χ0v) is 12.1. The maximum absolute atomic E-state index is 12.5. The number of fused-ring (bicyclic) bond motifs is 1. The molecule has 6 heteroatoms. The third-order valence-electron chi connectivity index (χ3n) is 3.69. The second-order valence-corrected chi connectivity index (χ2v) is 5.18. The maximum Gasteiger partial charge on any atom is 0.329 e. The Bertz CT molecular complexity index is 973. The van der Waals surface area contributed by atoms with Crippen LogP contribution in [0, 0.1) is 0 Å². The van der Waals surface area contributed by atoms with Gasteiger partial charge in [0.1, 0.15) is 0 Å². The summed E-state index contributed by atoms with van der Waals surface area (Å²) in [4.78, 5) is 38.8. The van der Waals surface area contributed by atoms with Gasteiger partial charge in [0.05, 0.1) is 22.9 Å². The molecule has 0 bridgehead atoms. The van der Waals surface area contributed by atoms with Gasteiger partial charge in [0.15, 0.2) is 0 Å². The number of nitrogens with one attached hydrogen (secondary N) is 1. The molecule has 1 atom stereocenters. The van der Waals surface area contributed by atoms with Crippen LogP contribution in [0.15, 0.2) is 64.2 Å². The fraction of sp³-hybridized carbons (Fsp3) is 0.118. The molecule has 1 N–H and O–H groups in total. The highest BCUT2D eigenvalue weighted by molar-refractivity contribution is 5.77. The second kappa shape index (κ2) is 5.92. The number of benzene rings is 2. The summed E-state index contributed by atoms with van der Waals surface area (Å²) in [7, 11) is 0. The van der Waals surface area contributed by atoms with Crippen LogP contribution >= 0.6 is 0 Å². The number of hydrogen-bond donors (Lipinski definition) is 1. The first kappa shape index (κ1) is 14.8. The number of para-hydroxylation sites is 1. The lowest BCUT2D eigenvalue weighted by Gasteiger charge is -2.20. The van der Waals surface area contributed by atoms with Crippen LogP contribution in [0.5, 0.6) is 0 Å². The van der Waals surface area contributed by atoms with Crippen molar-refractivity contribution in [1.29, 1.82) is 0 Å². The Morgan fingerprint density at radius 3 is 2.39 bits per heavy atom. The summed E-state index contributed by atoms with van der Waals surface area (Å²) in [6.07, 6.45) is -0.00942. The Hall–Kier alpha value is -3.15. The summed E-state index contributed by atoms with van der Waals surface area (Å²) >= 11 is 0. The van der Waals surface area contributed by atoms with Crippen molar-refractivity contribution in [3.63, 3.8) is 0 Å². The van der Waals surface area contributed by atoms with E-state index in [0.717, 1.165) is 0 Å². The van der Waals surface area contributed by atoms with Crippen molar-refractivity contribution in [3.8, 4) is 0 Å². The summed E-state index contributed by atoms with van der Waals surface area (Å²) in [5, 5.41) is 11.8.